The summed E-state index contributed by atoms with van der Waals surface area (Å²) in [5, 5.41) is 13.4. The van der Waals surface area contributed by atoms with E-state index >= 15 is 0 Å². The van der Waals surface area contributed by atoms with Crippen LogP contribution in [0.25, 0.3) is 0 Å². The first-order chi connectivity index (χ1) is 9.66. The fraction of sp³-hybridized carbons (Fsp3) is 0.533. The molecule has 1 aromatic rings. The Hall–Kier alpha value is -1.43. The molecule has 110 valence electrons. The van der Waals surface area contributed by atoms with Crippen LogP contribution in [0.1, 0.15) is 11.7 Å². The smallest absolute Gasteiger partial charge is 0.236 e. The number of aliphatic hydroxyl groups excluding tert-OH is 1. The highest BCUT2D eigenvalue weighted by molar-refractivity contribution is 5.78. The quantitative estimate of drug-likeness (QED) is 0.800. The maximum atomic E-state index is 12.1. The minimum atomic E-state index is -0.558. The molecule has 1 saturated heterocycles. The van der Waals surface area contributed by atoms with Crippen molar-refractivity contribution in [2.24, 2.45) is 0 Å². The number of piperazine rings is 1. The molecule has 1 unspecified atom stereocenters. The van der Waals surface area contributed by atoms with E-state index in [1.165, 1.54) is 0 Å². The Bertz CT molecular complexity index is 418. The number of aliphatic hydroxyl groups is 1. The number of nitrogens with zero attached hydrogens (tertiary/aromatic N) is 2. The highest BCUT2D eigenvalue weighted by Crippen LogP contribution is 2.12. The van der Waals surface area contributed by atoms with Crippen LogP contribution < -0.4 is 5.32 Å². The molecule has 1 aromatic carbocycles. The fourth-order valence-electron chi connectivity index (χ4n) is 2.39. The van der Waals surface area contributed by atoms with Crippen molar-refractivity contribution in [2.45, 2.75) is 6.10 Å². The van der Waals surface area contributed by atoms with Crippen molar-refractivity contribution in [3.63, 3.8) is 0 Å². The van der Waals surface area contributed by atoms with Crippen molar-refractivity contribution in [2.75, 3.05) is 46.3 Å². The topological polar surface area (TPSA) is 55.8 Å². The molecule has 2 rings (SSSR count). The van der Waals surface area contributed by atoms with Crippen molar-refractivity contribution < 1.29 is 9.90 Å². The van der Waals surface area contributed by atoms with Gasteiger partial charge in [0.05, 0.1) is 12.6 Å². The molecule has 2 N–H and O–H groups in total. The predicted molar refractivity (Wildman–Crippen MR) is 78.3 cm³/mol. The number of benzene rings is 1. The largest absolute Gasteiger partial charge is 0.387 e. The van der Waals surface area contributed by atoms with Crippen LogP contribution in [0.3, 0.4) is 0 Å². The van der Waals surface area contributed by atoms with Crippen molar-refractivity contribution in [1.29, 1.82) is 0 Å². The molecule has 0 aromatic heterocycles. The number of amides is 1. The van der Waals surface area contributed by atoms with Crippen LogP contribution in [0.4, 0.5) is 0 Å². The third kappa shape index (κ3) is 4.30. The van der Waals surface area contributed by atoms with E-state index in [9.17, 15) is 9.90 Å². The normalized spacial score (nSPS) is 17.2. The fourth-order valence-corrected chi connectivity index (χ4v) is 2.39. The van der Waals surface area contributed by atoms with Gasteiger partial charge in [-0.15, -0.1) is 0 Å². The Morgan fingerprint density at radius 3 is 2.65 bits per heavy atom. The summed E-state index contributed by atoms with van der Waals surface area (Å²) in [6.07, 6.45) is -0.558. The highest BCUT2D eigenvalue weighted by atomic mass is 16.3. The molecule has 1 fully saturated rings. The van der Waals surface area contributed by atoms with E-state index in [0.29, 0.717) is 13.1 Å². The van der Waals surface area contributed by atoms with Crippen molar-refractivity contribution in [1.82, 2.24) is 15.1 Å². The number of carbonyl (C=O) groups excluding carboxylic acids is 1. The molecule has 0 bridgehead atoms. The molecule has 0 aliphatic carbocycles. The summed E-state index contributed by atoms with van der Waals surface area (Å²) in [6.45, 7) is 4.08. The Morgan fingerprint density at radius 1 is 1.35 bits per heavy atom. The summed E-state index contributed by atoms with van der Waals surface area (Å²) in [7, 11) is 1.87. The van der Waals surface area contributed by atoms with Gasteiger partial charge in [-0.1, -0.05) is 30.3 Å². The maximum absolute atomic E-state index is 12.1. The van der Waals surface area contributed by atoms with E-state index in [1.54, 1.807) is 0 Å². The average Bonchev–Trinajstić information content (AvgIpc) is 2.49. The van der Waals surface area contributed by atoms with Crippen molar-refractivity contribution in [3.05, 3.63) is 35.9 Å². The predicted octanol–water partition coefficient (Wildman–Crippen LogP) is 0.0836. The SMILES string of the molecule is CN(CC(=O)N1CCNCC1)CC(O)c1ccccc1. The first-order valence-corrected chi connectivity index (χ1v) is 7.07. The molecular weight excluding hydrogens is 254 g/mol. The van der Waals surface area contributed by atoms with Gasteiger partial charge in [-0.05, 0) is 12.6 Å². The zero-order valence-electron chi connectivity index (χ0n) is 12.0. The zero-order chi connectivity index (χ0) is 14.4. The van der Waals surface area contributed by atoms with Crippen molar-refractivity contribution in [3.8, 4) is 0 Å². The molecule has 5 heteroatoms. The average molecular weight is 277 g/mol. The van der Waals surface area contributed by atoms with Gasteiger partial charge in [0.25, 0.3) is 0 Å². The van der Waals surface area contributed by atoms with Crippen LogP contribution in [-0.4, -0.2) is 67.1 Å². The lowest BCUT2D eigenvalue weighted by molar-refractivity contribution is -0.132. The van der Waals surface area contributed by atoms with Crippen LogP contribution in [0, 0.1) is 0 Å². The van der Waals surface area contributed by atoms with Crippen molar-refractivity contribution >= 4 is 5.91 Å². The standard InChI is InChI=1S/C15H23N3O2/c1-17(11-14(19)13-5-3-2-4-6-13)12-15(20)18-9-7-16-8-10-18/h2-6,14,16,19H,7-12H2,1H3. The van der Waals surface area contributed by atoms with Gasteiger partial charge in [0, 0.05) is 32.7 Å². The third-order valence-electron chi connectivity index (χ3n) is 3.54. The first-order valence-electron chi connectivity index (χ1n) is 7.07. The number of hydrogen-bond donors (Lipinski definition) is 2. The van der Waals surface area contributed by atoms with Gasteiger partial charge < -0.3 is 15.3 Å². The van der Waals surface area contributed by atoms with Gasteiger partial charge in [0.15, 0.2) is 0 Å². The number of rotatable bonds is 5. The van der Waals surface area contributed by atoms with E-state index in [4.69, 9.17) is 0 Å². The zero-order valence-corrected chi connectivity index (χ0v) is 12.0. The second-order valence-electron chi connectivity index (χ2n) is 5.25. The molecule has 1 aliphatic heterocycles. The monoisotopic (exact) mass is 277 g/mol. The van der Waals surface area contributed by atoms with E-state index in [2.05, 4.69) is 5.32 Å². The Kier molecular flexibility index (Phi) is 5.52. The molecule has 5 nitrogen and oxygen atoms in total. The van der Waals surface area contributed by atoms with Crippen LogP contribution in [-0.2, 0) is 4.79 Å². The lowest BCUT2D eigenvalue weighted by Gasteiger charge is -2.29. The minimum Gasteiger partial charge on any atom is -0.387 e. The lowest BCUT2D eigenvalue weighted by atomic mass is 10.1. The summed E-state index contributed by atoms with van der Waals surface area (Å²) >= 11 is 0. The molecule has 0 saturated carbocycles. The Labute approximate surface area is 120 Å². The van der Waals surface area contributed by atoms with Crippen LogP contribution >= 0.6 is 0 Å². The van der Waals surface area contributed by atoms with E-state index < -0.39 is 6.10 Å². The Balaban J connectivity index is 1.79. The van der Waals surface area contributed by atoms with E-state index in [-0.39, 0.29) is 5.91 Å². The van der Waals surface area contributed by atoms with Gasteiger partial charge in [-0.3, -0.25) is 9.69 Å². The molecule has 0 radical (unpaired) electrons. The molecule has 1 aliphatic rings. The maximum Gasteiger partial charge on any atom is 0.236 e. The molecule has 1 amide bonds. The van der Waals surface area contributed by atoms with Crippen LogP contribution in [0.5, 0.6) is 0 Å². The van der Waals surface area contributed by atoms with E-state index in [0.717, 1.165) is 31.7 Å². The first kappa shape index (κ1) is 15.0. The Morgan fingerprint density at radius 2 is 2.00 bits per heavy atom. The summed E-state index contributed by atoms with van der Waals surface area (Å²) in [5.74, 6) is 0.134. The van der Waals surface area contributed by atoms with Gasteiger partial charge in [-0.25, -0.2) is 0 Å². The molecule has 1 atom stereocenters. The molecule has 0 spiro atoms. The second-order valence-corrected chi connectivity index (χ2v) is 5.25. The number of likely N-dealkylation sites (N-methyl/N-ethyl adjacent to an activating group) is 1. The second kappa shape index (κ2) is 7.38. The molecule has 1 heterocycles. The number of nitrogens with one attached hydrogen (secondary N) is 1. The van der Waals surface area contributed by atoms with E-state index in [1.807, 2.05) is 47.2 Å². The lowest BCUT2D eigenvalue weighted by Crippen LogP contribution is -2.49. The highest BCUT2D eigenvalue weighted by Gasteiger charge is 2.19. The summed E-state index contributed by atoms with van der Waals surface area (Å²) in [6, 6.07) is 9.54. The van der Waals surface area contributed by atoms with Crippen LogP contribution in [0.15, 0.2) is 30.3 Å². The summed E-state index contributed by atoms with van der Waals surface area (Å²) in [5.41, 5.74) is 0.883. The molecular formula is C15H23N3O2. The van der Waals surface area contributed by atoms with Gasteiger partial charge in [0.2, 0.25) is 5.91 Å². The van der Waals surface area contributed by atoms with Gasteiger partial charge in [0.1, 0.15) is 0 Å². The van der Waals surface area contributed by atoms with Crippen LogP contribution in [0.2, 0.25) is 0 Å². The number of hydrogen-bond acceptors (Lipinski definition) is 4. The van der Waals surface area contributed by atoms with Gasteiger partial charge in [-0.2, -0.15) is 0 Å². The minimum absolute atomic E-state index is 0.134. The summed E-state index contributed by atoms with van der Waals surface area (Å²) < 4.78 is 0. The third-order valence-corrected chi connectivity index (χ3v) is 3.54. The summed E-state index contributed by atoms with van der Waals surface area (Å²) in [4.78, 5) is 15.9. The number of carbonyl (C=O) groups is 1. The van der Waals surface area contributed by atoms with Gasteiger partial charge >= 0.3 is 0 Å². The molecule has 20 heavy (non-hydrogen) atoms.